The van der Waals surface area contributed by atoms with Crippen molar-refractivity contribution in [3.63, 3.8) is 0 Å². The predicted octanol–water partition coefficient (Wildman–Crippen LogP) is 2.31. The molecular formula is C8H7Cl2N3. The van der Waals surface area contributed by atoms with Crippen LogP contribution in [0.3, 0.4) is 0 Å². The number of hydrogen-bond donors (Lipinski definition) is 1. The van der Waals surface area contributed by atoms with Crippen LogP contribution in [-0.4, -0.2) is 16.5 Å². The Morgan fingerprint density at radius 1 is 1.23 bits per heavy atom. The van der Waals surface area contributed by atoms with Gasteiger partial charge in [-0.05, 0) is 18.0 Å². The lowest BCUT2D eigenvalue weighted by Gasteiger charge is -2.07. The lowest BCUT2D eigenvalue weighted by atomic mass is 10.2. The lowest BCUT2D eigenvalue weighted by Crippen LogP contribution is -2.03. The maximum atomic E-state index is 5.91. The topological polar surface area (TPSA) is 37.8 Å². The second-order valence-electron chi connectivity index (χ2n) is 2.67. The first-order chi connectivity index (χ1) is 6.27. The Morgan fingerprint density at radius 3 is 2.92 bits per heavy atom. The van der Waals surface area contributed by atoms with Crippen LogP contribution in [0.1, 0.15) is 5.56 Å². The summed E-state index contributed by atoms with van der Waals surface area (Å²) in [6, 6.07) is 0. The van der Waals surface area contributed by atoms with Gasteiger partial charge in [-0.15, -0.1) is 0 Å². The van der Waals surface area contributed by atoms with Crippen LogP contribution in [0.15, 0.2) is 12.2 Å². The van der Waals surface area contributed by atoms with Crippen LogP contribution in [0.4, 0.5) is 5.82 Å². The van der Waals surface area contributed by atoms with Gasteiger partial charge in [0.25, 0.3) is 0 Å². The van der Waals surface area contributed by atoms with Crippen molar-refractivity contribution in [1.29, 1.82) is 0 Å². The van der Waals surface area contributed by atoms with Gasteiger partial charge in [0.15, 0.2) is 0 Å². The molecule has 13 heavy (non-hydrogen) atoms. The number of halogens is 2. The fourth-order valence-corrected chi connectivity index (χ4v) is 1.66. The zero-order valence-corrected chi connectivity index (χ0v) is 8.23. The largest absolute Gasteiger partial charge is 0.366 e. The second-order valence-corrected chi connectivity index (χ2v) is 3.36. The van der Waals surface area contributed by atoms with Crippen LogP contribution in [0.25, 0.3) is 0 Å². The van der Waals surface area contributed by atoms with E-state index in [0.717, 1.165) is 24.3 Å². The van der Waals surface area contributed by atoms with Gasteiger partial charge < -0.3 is 5.32 Å². The van der Waals surface area contributed by atoms with Crippen LogP contribution in [-0.2, 0) is 6.42 Å². The Kier molecular flexibility index (Phi) is 2.38. The van der Waals surface area contributed by atoms with Crippen molar-refractivity contribution in [2.75, 3.05) is 11.9 Å². The van der Waals surface area contributed by atoms with Gasteiger partial charge in [0.2, 0.25) is 5.28 Å². The molecule has 0 spiro atoms. The minimum Gasteiger partial charge on any atom is -0.366 e. The number of nitrogens with zero attached hydrogens (tertiary/aromatic N) is 2. The Hall–Kier alpha value is -0.800. The molecule has 0 aliphatic carbocycles. The first-order valence-corrected chi connectivity index (χ1v) is 4.64. The molecule has 0 amide bonds. The minimum absolute atomic E-state index is 0.179. The van der Waals surface area contributed by atoms with Crippen LogP contribution in [0, 0.1) is 0 Å². The van der Waals surface area contributed by atoms with Crippen LogP contribution in [0.5, 0.6) is 0 Å². The number of nitrogens with one attached hydrogen (secondary N) is 1. The SMILES string of the molecule is Clc1nc(Cl)c2c(n1)NCC=CC2. The monoisotopic (exact) mass is 215 g/mol. The molecule has 2 rings (SSSR count). The highest BCUT2D eigenvalue weighted by Crippen LogP contribution is 2.24. The van der Waals surface area contributed by atoms with E-state index in [4.69, 9.17) is 23.2 Å². The quantitative estimate of drug-likeness (QED) is 0.410. The average Bonchev–Trinajstić information content (AvgIpc) is 2.28. The van der Waals surface area contributed by atoms with Crippen LogP contribution in [0.2, 0.25) is 10.4 Å². The van der Waals surface area contributed by atoms with E-state index in [1.807, 2.05) is 12.2 Å². The molecule has 0 unspecified atom stereocenters. The molecule has 0 saturated heterocycles. The maximum Gasteiger partial charge on any atom is 0.225 e. The number of hydrogen-bond acceptors (Lipinski definition) is 3. The third-order valence-corrected chi connectivity index (χ3v) is 2.29. The molecule has 1 aliphatic rings. The summed E-state index contributed by atoms with van der Waals surface area (Å²) >= 11 is 11.6. The third kappa shape index (κ3) is 1.76. The molecule has 2 heterocycles. The summed E-state index contributed by atoms with van der Waals surface area (Å²) in [5.41, 5.74) is 0.903. The molecule has 1 aromatic heterocycles. The summed E-state index contributed by atoms with van der Waals surface area (Å²) in [6.07, 6.45) is 4.80. The smallest absolute Gasteiger partial charge is 0.225 e. The molecular weight excluding hydrogens is 209 g/mol. The molecule has 0 radical (unpaired) electrons. The van der Waals surface area contributed by atoms with Crippen molar-refractivity contribution in [3.8, 4) is 0 Å². The Balaban J connectivity index is 2.52. The molecule has 1 aliphatic heterocycles. The highest BCUT2D eigenvalue weighted by atomic mass is 35.5. The lowest BCUT2D eigenvalue weighted by molar-refractivity contribution is 1.09. The molecule has 0 atom stereocenters. The first-order valence-electron chi connectivity index (χ1n) is 3.88. The van der Waals surface area contributed by atoms with Gasteiger partial charge in [0.05, 0.1) is 0 Å². The summed E-state index contributed by atoms with van der Waals surface area (Å²) in [5.74, 6) is 0.731. The van der Waals surface area contributed by atoms with Crippen molar-refractivity contribution < 1.29 is 0 Å². The molecule has 0 bridgehead atoms. The molecule has 1 N–H and O–H groups in total. The summed E-state index contributed by atoms with van der Waals surface area (Å²) in [6.45, 7) is 0.747. The molecule has 0 fully saturated rings. The van der Waals surface area contributed by atoms with Crippen LogP contribution < -0.4 is 5.32 Å². The number of rotatable bonds is 0. The molecule has 5 heteroatoms. The average molecular weight is 216 g/mol. The molecule has 0 aromatic carbocycles. The van der Waals surface area contributed by atoms with Gasteiger partial charge in [-0.25, -0.2) is 9.97 Å². The molecule has 0 saturated carbocycles. The van der Waals surface area contributed by atoms with Gasteiger partial charge >= 0.3 is 0 Å². The van der Waals surface area contributed by atoms with Crippen LogP contribution >= 0.6 is 23.2 Å². The van der Waals surface area contributed by atoms with E-state index in [1.54, 1.807) is 0 Å². The van der Waals surface area contributed by atoms with E-state index in [9.17, 15) is 0 Å². The van der Waals surface area contributed by atoms with Crippen molar-refractivity contribution >= 4 is 29.0 Å². The molecule has 1 aromatic rings. The fourth-order valence-electron chi connectivity index (χ4n) is 1.20. The Morgan fingerprint density at radius 2 is 2.08 bits per heavy atom. The highest BCUT2D eigenvalue weighted by molar-refractivity contribution is 6.32. The second kappa shape index (κ2) is 3.52. The van der Waals surface area contributed by atoms with Crippen molar-refractivity contribution in [2.45, 2.75) is 6.42 Å². The van der Waals surface area contributed by atoms with E-state index in [1.165, 1.54) is 0 Å². The zero-order valence-electron chi connectivity index (χ0n) is 6.72. The van der Waals surface area contributed by atoms with E-state index < -0.39 is 0 Å². The molecule has 3 nitrogen and oxygen atoms in total. The van der Waals surface area contributed by atoms with Gasteiger partial charge in [0.1, 0.15) is 11.0 Å². The standard InChI is InChI=1S/C8H7Cl2N3/c9-6-5-3-1-2-4-11-7(5)13-8(10)12-6/h1-2H,3-4H2,(H,11,12,13). The van der Waals surface area contributed by atoms with E-state index >= 15 is 0 Å². The number of fused-ring (bicyclic) bond motifs is 1. The summed E-state index contributed by atoms with van der Waals surface area (Å²) < 4.78 is 0. The van der Waals surface area contributed by atoms with Crippen molar-refractivity contribution in [2.24, 2.45) is 0 Å². The highest BCUT2D eigenvalue weighted by Gasteiger charge is 2.11. The van der Waals surface area contributed by atoms with Gasteiger partial charge in [-0.1, -0.05) is 23.8 Å². The number of anilines is 1. The van der Waals surface area contributed by atoms with Gasteiger partial charge in [-0.3, -0.25) is 0 Å². The van der Waals surface area contributed by atoms with E-state index in [-0.39, 0.29) is 5.28 Å². The fraction of sp³-hybridized carbons (Fsp3) is 0.250. The van der Waals surface area contributed by atoms with Crippen molar-refractivity contribution in [1.82, 2.24) is 9.97 Å². The zero-order chi connectivity index (χ0) is 9.26. The Bertz CT molecular complexity index is 363. The first kappa shape index (κ1) is 8.78. The Labute approximate surface area is 85.8 Å². The van der Waals surface area contributed by atoms with E-state index in [2.05, 4.69) is 15.3 Å². The number of aromatic nitrogens is 2. The third-order valence-electron chi connectivity index (χ3n) is 1.81. The maximum absolute atomic E-state index is 5.91. The predicted molar refractivity (Wildman–Crippen MR) is 53.4 cm³/mol. The summed E-state index contributed by atoms with van der Waals surface area (Å²) in [5, 5.41) is 3.70. The minimum atomic E-state index is 0.179. The van der Waals surface area contributed by atoms with Crippen molar-refractivity contribution in [3.05, 3.63) is 28.2 Å². The summed E-state index contributed by atoms with van der Waals surface area (Å²) in [7, 11) is 0. The van der Waals surface area contributed by atoms with Gasteiger partial charge in [-0.2, -0.15) is 0 Å². The van der Waals surface area contributed by atoms with Gasteiger partial charge in [0, 0.05) is 12.1 Å². The normalized spacial score (nSPS) is 14.6. The number of allylic oxidation sites excluding steroid dienone is 1. The summed E-state index contributed by atoms with van der Waals surface area (Å²) in [4.78, 5) is 7.93. The van der Waals surface area contributed by atoms with E-state index in [0.29, 0.717) is 5.15 Å². The molecule has 68 valence electrons.